The molecule has 8 heteroatoms. The van der Waals surface area contributed by atoms with Gasteiger partial charge in [0.15, 0.2) is 0 Å². The van der Waals surface area contributed by atoms with E-state index in [2.05, 4.69) is 14.3 Å². The predicted molar refractivity (Wildman–Crippen MR) is 84.2 cm³/mol. The van der Waals surface area contributed by atoms with Crippen LogP contribution < -0.4 is 4.90 Å². The molecule has 0 saturated carbocycles. The molecule has 0 unspecified atom stereocenters. The van der Waals surface area contributed by atoms with Crippen LogP contribution in [0.5, 0.6) is 0 Å². The van der Waals surface area contributed by atoms with Crippen molar-refractivity contribution in [2.24, 2.45) is 0 Å². The van der Waals surface area contributed by atoms with Gasteiger partial charge in [-0.2, -0.15) is 4.37 Å². The molecule has 1 aliphatic heterocycles. The summed E-state index contributed by atoms with van der Waals surface area (Å²) in [4.78, 5) is 20.5. The quantitative estimate of drug-likeness (QED) is 0.843. The van der Waals surface area contributed by atoms with Crippen LogP contribution in [0.1, 0.15) is 16.2 Å². The zero-order valence-electron chi connectivity index (χ0n) is 11.9. The predicted octanol–water partition coefficient (Wildman–Crippen LogP) is 2.60. The van der Waals surface area contributed by atoms with Gasteiger partial charge in [0.05, 0.1) is 5.56 Å². The summed E-state index contributed by atoms with van der Waals surface area (Å²) in [6, 6.07) is 4.12. The maximum atomic E-state index is 13.8. The molecule has 0 atom stereocenters. The fraction of sp³-hybridized carbons (Fsp3) is 0.357. The molecular formula is C14H14ClFN4OS. The molecule has 0 bridgehead atoms. The number of amides is 1. The van der Waals surface area contributed by atoms with Crippen LogP contribution in [0.3, 0.4) is 0 Å². The van der Waals surface area contributed by atoms with Gasteiger partial charge in [0.2, 0.25) is 5.13 Å². The maximum absolute atomic E-state index is 13.8. The van der Waals surface area contributed by atoms with E-state index >= 15 is 0 Å². The monoisotopic (exact) mass is 340 g/mol. The zero-order valence-corrected chi connectivity index (χ0v) is 13.5. The summed E-state index contributed by atoms with van der Waals surface area (Å²) >= 11 is 7.07. The maximum Gasteiger partial charge on any atom is 0.256 e. The molecule has 1 aromatic carbocycles. The highest BCUT2D eigenvalue weighted by molar-refractivity contribution is 7.09. The number of rotatable bonds is 2. The molecule has 2 aromatic rings. The van der Waals surface area contributed by atoms with Gasteiger partial charge in [-0.25, -0.2) is 9.37 Å². The fourth-order valence-electron chi connectivity index (χ4n) is 2.35. The molecule has 0 radical (unpaired) electrons. The number of aryl methyl sites for hydroxylation is 1. The average Bonchev–Trinajstić information content (AvgIpc) is 2.93. The van der Waals surface area contributed by atoms with Gasteiger partial charge in [-0.3, -0.25) is 4.79 Å². The smallest absolute Gasteiger partial charge is 0.256 e. The lowest BCUT2D eigenvalue weighted by Crippen LogP contribution is -2.49. The summed E-state index contributed by atoms with van der Waals surface area (Å²) in [7, 11) is 0. The Kier molecular flexibility index (Phi) is 4.26. The molecule has 5 nitrogen and oxygen atoms in total. The summed E-state index contributed by atoms with van der Waals surface area (Å²) in [5, 5.41) is 1.15. The number of benzene rings is 1. The van der Waals surface area contributed by atoms with E-state index in [9.17, 15) is 9.18 Å². The molecule has 1 amide bonds. The highest BCUT2D eigenvalue weighted by Gasteiger charge is 2.25. The lowest BCUT2D eigenvalue weighted by atomic mass is 10.1. The van der Waals surface area contributed by atoms with Crippen molar-refractivity contribution in [3.8, 4) is 0 Å². The van der Waals surface area contributed by atoms with E-state index in [4.69, 9.17) is 11.6 Å². The van der Waals surface area contributed by atoms with Crippen LogP contribution in [0, 0.1) is 12.7 Å². The lowest BCUT2D eigenvalue weighted by Gasteiger charge is -2.34. The van der Waals surface area contributed by atoms with Gasteiger partial charge < -0.3 is 9.80 Å². The third kappa shape index (κ3) is 3.05. The van der Waals surface area contributed by atoms with Gasteiger partial charge in [-0.1, -0.05) is 11.6 Å². The Bertz CT molecular complexity index is 700. The summed E-state index contributed by atoms with van der Waals surface area (Å²) in [5.41, 5.74) is 0.0598. The molecule has 1 aromatic heterocycles. The first-order valence-corrected chi connectivity index (χ1v) is 7.99. The Morgan fingerprint density at radius 2 is 2.05 bits per heavy atom. The molecule has 0 spiro atoms. The molecule has 22 heavy (non-hydrogen) atoms. The highest BCUT2D eigenvalue weighted by Crippen LogP contribution is 2.21. The fourth-order valence-corrected chi connectivity index (χ4v) is 3.23. The molecule has 1 saturated heterocycles. The summed E-state index contributed by atoms with van der Waals surface area (Å²) < 4.78 is 18.0. The molecule has 2 heterocycles. The Hall–Kier alpha value is -1.73. The molecule has 1 fully saturated rings. The van der Waals surface area contributed by atoms with Crippen molar-refractivity contribution < 1.29 is 9.18 Å². The van der Waals surface area contributed by atoms with Gasteiger partial charge in [-0.05, 0) is 25.1 Å². The van der Waals surface area contributed by atoms with E-state index in [1.165, 1.54) is 23.7 Å². The van der Waals surface area contributed by atoms with Crippen LogP contribution in [0.15, 0.2) is 18.2 Å². The van der Waals surface area contributed by atoms with Crippen LogP contribution >= 0.6 is 23.1 Å². The van der Waals surface area contributed by atoms with Crippen LogP contribution in [0.25, 0.3) is 0 Å². The second-order valence-electron chi connectivity index (χ2n) is 5.03. The Labute approximate surface area is 136 Å². The third-order valence-electron chi connectivity index (χ3n) is 3.52. The highest BCUT2D eigenvalue weighted by atomic mass is 35.5. The molecule has 116 valence electrons. The first-order valence-electron chi connectivity index (χ1n) is 6.84. The SMILES string of the molecule is Cc1nsc(N2CCN(C(=O)c3ccc(Cl)cc3F)CC2)n1. The van der Waals surface area contributed by atoms with E-state index in [-0.39, 0.29) is 16.5 Å². The van der Waals surface area contributed by atoms with Crippen molar-refractivity contribution in [2.45, 2.75) is 6.92 Å². The number of hydrogen-bond donors (Lipinski definition) is 0. The van der Waals surface area contributed by atoms with Crippen molar-refractivity contribution in [3.63, 3.8) is 0 Å². The van der Waals surface area contributed by atoms with Crippen LogP contribution in [-0.4, -0.2) is 46.3 Å². The van der Waals surface area contributed by atoms with Crippen LogP contribution in [-0.2, 0) is 0 Å². The molecule has 0 aliphatic carbocycles. The number of carbonyl (C=O) groups excluding carboxylic acids is 1. The van der Waals surface area contributed by atoms with Crippen molar-refractivity contribution >= 4 is 34.2 Å². The van der Waals surface area contributed by atoms with Crippen molar-refractivity contribution in [1.82, 2.24) is 14.3 Å². The average molecular weight is 341 g/mol. The standard InChI is InChI=1S/C14H14ClFN4OS/c1-9-17-14(22-18-9)20-6-4-19(5-7-20)13(21)11-3-2-10(15)8-12(11)16/h2-3,8H,4-7H2,1H3. The summed E-state index contributed by atoms with van der Waals surface area (Å²) in [6.07, 6.45) is 0. The van der Waals surface area contributed by atoms with Gasteiger partial charge in [-0.15, -0.1) is 0 Å². The molecule has 1 aliphatic rings. The third-order valence-corrected chi connectivity index (χ3v) is 4.62. The van der Waals surface area contributed by atoms with E-state index in [0.717, 1.165) is 17.0 Å². The second kappa shape index (κ2) is 6.18. The van der Waals surface area contributed by atoms with E-state index < -0.39 is 5.82 Å². The van der Waals surface area contributed by atoms with E-state index in [0.29, 0.717) is 26.2 Å². The molecule has 3 rings (SSSR count). The van der Waals surface area contributed by atoms with Crippen molar-refractivity contribution in [3.05, 3.63) is 40.4 Å². The van der Waals surface area contributed by atoms with Gasteiger partial charge in [0, 0.05) is 42.7 Å². The number of nitrogens with zero attached hydrogens (tertiary/aromatic N) is 4. The minimum atomic E-state index is -0.584. The zero-order chi connectivity index (χ0) is 15.7. The first kappa shape index (κ1) is 15.2. The number of carbonyl (C=O) groups is 1. The van der Waals surface area contributed by atoms with Crippen LogP contribution in [0.2, 0.25) is 5.02 Å². The van der Waals surface area contributed by atoms with Crippen molar-refractivity contribution in [2.75, 3.05) is 31.1 Å². The minimum absolute atomic E-state index is 0.0598. The number of anilines is 1. The number of piperazine rings is 1. The van der Waals surface area contributed by atoms with E-state index in [1.54, 1.807) is 4.90 Å². The number of hydrogen-bond acceptors (Lipinski definition) is 5. The molecular weight excluding hydrogens is 327 g/mol. The normalized spacial score (nSPS) is 15.2. The van der Waals surface area contributed by atoms with Crippen molar-refractivity contribution in [1.29, 1.82) is 0 Å². The summed E-state index contributed by atoms with van der Waals surface area (Å²) in [6.45, 7) is 4.23. The van der Waals surface area contributed by atoms with E-state index in [1.807, 2.05) is 6.92 Å². The number of aromatic nitrogens is 2. The Morgan fingerprint density at radius 1 is 1.32 bits per heavy atom. The lowest BCUT2D eigenvalue weighted by molar-refractivity contribution is 0.0742. The second-order valence-corrected chi connectivity index (χ2v) is 6.19. The van der Waals surface area contributed by atoms with Gasteiger partial charge >= 0.3 is 0 Å². The van der Waals surface area contributed by atoms with Crippen LogP contribution in [0.4, 0.5) is 9.52 Å². The van der Waals surface area contributed by atoms with Gasteiger partial charge in [0.25, 0.3) is 5.91 Å². The Morgan fingerprint density at radius 3 is 2.64 bits per heavy atom. The molecule has 0 N–H and O–H groups in total. The van der Waals surface area contributed by atoms with Gasteiger partial charge in [0.1, 0.15) is 11.6 Å². The first-order chi connectivity index (χ1) is 10.5. The summed E-state index contributed by atoms with van der Waals surface area (Å²) in [5.74, 6) is -0.135. The Balaban J connectivity index is 1.67. The number of halogens is 2. The minimum Gasteiger partial charge on any atom is -0.343 e. The topological polar surface area (TPSA) is 49.3 Å². The largest absolute Gasteiger partial charge is 0.343 e.